The molecular weight excluding hydrogens is 282 g/mol. The molecule has 0 saturated carbocycles. The molecule has 1 aromatic carbocycles. The predicted molar refractivity (Wildman–Crippen MR) is 83.5 cm³/mol. The smallest absolute Gasteiger partial charge is 0.312 e. The zero-order chi connectivity index (χ0) is 15.9. The third-order valence-corrected chi connectivity index (χ3v) is 3.83. The van der Waals surface area contributed by atoms with E-state index in [-0.39, 0.29) is 18.6 Å². The van der Waals surface area contributed by atoms with Gasteiger partial charge in [0.1, 0.15) is 5.75 Å². The van der Waals surface area contributed by atoms with Crippen molar-refractivity contribution in [1.29, 1.82) is 0 Å². The lowest BCUT2D eigenvalue weighted by atomic mass is 10.0. The van der Waals surface area contributed by atoms with Gasteiger partial charge in [-0.3, -0.25) is 4.79 Å². The molecule has 0 radical (unpaired) electrons. The third kappa shape index (κ3) is 4.13. The first-order chi connectivity index (χ1) is 10.6. The molecule has 1 aliphatic heterocycles. The zero-order valence-corrected chi connectivity index (χ0v) is 12.9. The minimum atomic E-state index is -0.574. The van der Waals surface area contributed by atoms with Crippen molar-refractivity contribution >= 4 is 11.9 Å². The summed E-state index contributed by atoms with van der Waals surface area (Å²) in [7, 11) is 0. The maximum Gasteiger partial charge on any atom is 0.312 e. The van der Waals surface area contributed by atoms with Crippen molar-refractivity contribution in [1.82, 2.24) is 10.2 Å². The Balaban J connectivity index is 2.03. The lowest BCUT2D eigenvalue weighted by Gasteiger charge is -2.21. The molecule has 3 amide bonds. The standard InChI is InChI=1S/C16H23N3O3/c1-2-13(18-16(17)21)12-7-3-4-8-14(12)22-11-15(20)19-9-5-6-10-19/h3-4,7-8,13H,2,5-6,9-11H2,1H3,(H3,17,18,21)/t13-/m1/s1. The van der Waals surface area contributed by atoms with E-state index in [1.807, 2.05) is 30.0 Å². The number of rotatable bonds is 6. The van der Waals surface area contributed by atoms with Crippen LogP contribution in [0.5, 0.6) is 5.75 Å². The van der Waals surface area contributed by atoms with Crippen LogP contribution in [0.3, 0.4) is 0 Å². The molecule has 1 aromatic rings. The number of carbonyl (C=O) groups excluding carboxylic acids is 2. The number of para-hydroxylation sites is 1. The van der Waals surface area contributed by atoms with Gasteiger partial charge in [0.05, 0.1) is 6.04 Å². The number of nitrogens with one attached hydrogen (secondary N) is 1. The molecule has 0 aliphatic carbocycles. The predicted octanol–water partition coefficient (Wildman–Crippen LogP) is 1.81. The third-order valence-electron chi connectivity index (χ3n) is 3.83. The molecule has 6 heteroatoms. The van der Waals surface area contributed by atoms with Crippen molar-refractivity contribution < 1.29 is 14.3 Å². The summed E-state index contributed by atoms with van der Waals surface area (Å²) in [5.41, 5.74) is 6.04. The van der Waals surface area contributed by atoms with Gasteiger partial charge in [0.15, 0.2) is 6.61 Å². The average Bonchev–Trinajstić information content (AvgIpc) is 3.05. The molecule has 0 bridgehead atoms. The van der Waals surface area contributed by atoms with E-state index in [9.17, 15) is 9.59 Å². The van der Waals surface area contributed by atoms with Crippen LogP contribution in [0.25, 0.3) is 0 Å². The minimum Gasteiger partial charge on any atom is -0.483 e. The highest BCUT2D eigenvalue weighted by Crippen LogP contribution is 2.27. The number of benzene rings is 1. The number of primary amides is 1. The summed E-state index contributed by atoms with van der Waals surface area (Å²) in [5, 5.41) is 2.69. The molecule has 22 heavy (non-hydrogen) atoms. The second-order valence-corrected chi connectivity index (χ2v) is 5.38. The maximum absolute atomic E-state index is 12.1. The van der Waals surface area contributed by atoms with E-state index in [0.717, 1.165) is 31.5 Å². The number of hydrogen-bond acceptors (Lipinski definition) is 3. The van der Waals surface area contributed by atoms with Gasteiger partial charge in [-0.1, -0.05) is 25.1 Å². The topological polar surface area (TPSA) is 84.7 Å². The van der Waals surface area contributed by atoms with Gasteiger partial charge in [-0.15, -0.1) is 0 Å². The second kappa shape index (κ2) is 7.68. The summed E-state index contributed by atoms with van der Waals surface area (Å²) in [4.78, 5) is 25.0. The van der Waals surface area contributed by atoms with E-state index in [1.165, 1.54) is 0 Å². The first kappa shape index (κ1) is 16.1. The molecule has 0 spiro atoms. The number of likely N-dealkylation sites (tertiary alicyclic amines) is 1. The van der Waals surface area contributed by atoms with E-state index in [2.05, 4.69) is 5.32 Å². The van der Waals surface area contributed by atoms with E-state index < -0.39 is 6.03 Å². The number of hydrogen-bond donors (Lipinski definition) is 2. The summed E-state index contributed by atoms with van der Waals surface area (Å²) in [6.45, 7) is 3.59. The Bertz CT molecular complexity index is 527. The molecule has 0 unspecified atom stereocenters. The molecule has 2 rings (SSSR count). The number of nitrogens with two attached hydrogens (primary N) is 1. The summed E-state index contributed by atoms with van der Waals surface area (Å²) in [6, 6.07) is 6.59. The van der Waals surface area contributed by atoms with Crippen LogP contribution < -0.4 is 15.8 Å². The highest BCUT2D eigenvalue weighted by molar-refractivity contribution is 5.78. The molecule has 0 aromatic heterocycles. The fourth-order valence-electron chi connectivity index (χ4n) is 2.67. The Kier molecular flexibility index (Phi) is 5.63. The van der Waals surface area contributed by atoms with Crippen molar-refractivity contribution in [2.75, 3.05) is 19.7 Å². The van der Waals surface area contributed by atoms with Gasteiger partial charge in [-0.25, -0.2) is 4.79 Å². The summed E-state index contributed by atoms with van der Waals surface area (Å²) >= 11 is 0. The van der Waals surface area contributed by atoms with Gasteiger partial charge < -0.3 is 20.7 Å². The fourth-order valence-corrected chi connectivity index (χ4v) is 2.67. The normalized spacial score (nSPS) is 15.4. The van der Waals surface area contributed by atoms with Crippen LogP contribution in [0.1, 0.15) is 37.8 Å². The number of amides is 3. The fraction of sp³-hybridized carbons (Fsp3) is 0.500. The second-order valence-electron chi connectivity index (χ2n) is 5.38. The highest BCUT2D eigenvalue weighted by Gasteiger charge is 2.20. The molecule has 1 atom stereocenters. The summed E-state index contributed by atoms with van der Waals surface area (Å²) in [5.74, 6) is 0.610. The van der Waals surface area contributed by atoms with Crippen LogP contribution in [0.15, 0.2) is 24.3 Å². The van der Waals surface area contributed by atoms with E-state index in [1.54, 1.807) is 6.07 Å². The first-order valence-corrected chi connectivity index (χ1v) is 7.67. The Morgan fingerprint density at radius 3 is 2.64 bits per heavy atom. The quantitative estimate of drug-likeness (QED) is 0.840. The number of urea groups is 1. The zero-order valence-electron chi connectivity index (χ0n) is 12.9. The van der Waals surface area contributed by atoms with Crippen LogP contribution >= 0.6 is 0 Å². The lowest BCUT2D eigenvalue weighted by molar-refractivity contribution is -0.132. The van der Waals surface area contributed by atoms with Crippen LogP contribution in [0.4, 0.5) is 4.79 Å². The van der Waals surface area contributed by atoms with E-state index in [4.69, 9.17) is 10.5 Å². The first-order valence-electron chi connectivity index (χ1n) is 7.67. The van der Waals surface area contributed by atoms with Gasteiger partial charge in [0.2, 0.25) is 0 Å². The Hall–Kier alpha value is -2.24. The van der Waals surface area contributed by atoms with E-state index in [0.29, 0.717) is 12.2 Å². The minimum absolute atomic E-state index is 0.00297. The van der Waals surface area contributed by atoms with Crippen LogP contribution in [0, 0.1) is 0 Å². The van der Waals surface area contributed by atoms with Gasteiger partial charge in [-0.2, -0.15) is 0 Å². The molecule has 6 nitrogen and oxygen atoms in total. The van der Waals surface area contributed by atoms with Crippen molar-refractivity contribution in [3.8, 4) is 5.75 Å². The van der Waals surface area contributed by atoms with Gasteiger partial charge in [0, 0.05) is 18.7 Å². The molecule has 1 saturated heterocycles. The van der Waals surface area contributed by atoms with Crippen molar-refractivity contribution in [3.63, 3.8) is 0 Å². The Labute approximate surface area is 130 Å². The van der Waals surface area contributed by atoms with Crippen LogP contribution in [0.2, 0.25) is 0 Å². The summed E-state index contributed by atoms with van der Waals surface area (Å²) in [6.07, 6.45) is 2.80. The molecule has 1 fully saturated rings. The number of nitrogens with zero attached hydrogens (tertiary/aromatic N) is 1. The summed E-state index contributed by atoms with van der Waals surface area (Å²) < 4.78 is 5.69. The number of carbonyl (C=O) groups is 2. The SMILES string of the molecule is CC[C@@H](NC(N)=O)c1ccccc1OCC(=O)N1CCCC1. The largest absolute Gasteiger partial charge is 0.483 e. The number of ether oxygens (including phenoxy) is 1. The van der Waals surface area contributed by atoms with Crippen molar-refractivity contribution in [2.24, 2.45) is 5.73 Å². The Morgan fingerprint density at radius 2 is 2.00 bits per heavy atom. The van der Waals surface area contributed by atoms with Gasteiger partial charge in [0.25, 0.3) is 5.91 Å². The monoisotopic (exact) mass is 305 g/mol. The van der Waals surface area contributed by atoms with Gasteiger partial charge >= 0.3 is 6.03 Å². The van der Waals surface area contributed by atoms with Crippen molar-refractivity contribution in [3.05, 3.63) is 29.8 Å². The highest BCUT2D eigenvalue weighted by atomic mass is 16.5. The van der Waals surface area contributed by atoms with Gasteiger partial charge in [-0.05, 0) is 25.3 Å². The van der Waals surface area contributed by atoms with Crippen LogP contribution in [-0.2, 0) is 4.79 Å². The van der Waals surface area contributed by atoms with Crippen LogP contribution in [-0.4, -0.2) is 36.5 Å². The maximum atomic E-state index is 12.1. The lowest BCUT2D eigenvalue weighted by Crippen LogP contribution is -2.34. The Morgan fingerprint density at radius 1 is 1.32 bits per heavy atom. The molecule has 1 aliphatic rings. The van der Waals surface area contributed by atoms with Crippen molar-refractivity contribution in [2.45, 2.75) is 32.2 Å². The van der Waals surface area contributed by atoms with E-state index >= 15 is 0 Å². The molecule has 1 heterocycles. The molecule has 3 N–H and O–H groups in total. The molecular formula is C16H23N3O3. The average molecular weight is 305 g/mol. The molecule has 120 valence electrons.